The minimum Gasteiger partial charge on any atom is -0.616 e. The van der Waals surface area contributed by atoms with Crippen molar-refractivity contribution in [3.05, 3.63) is 82.7 Å². The van der Waals surface area contributed by atoms with Crippen LogP contribution < -0.4 is 10.1 Å². The molecular formula is C30H34FNO5S. The standard InChI is InChI=1S/C30H34FNO5S/c1-20-14-26(37-19-30(35)10-12-38(36)13-11-30)15-21(2)29(20)24-5-3-4-22(16-24)18-32-25-8-6-23(27(31)17-25)7-9-28(33)34/h3-6,8,14-17,32,35H,7,9-13,18-19H2,1-2H3,(H,33,34). The molecule has 8 heteroatoms. The second kappa shape index (κ2) is 12.2. The van der Waals surface area contributed by atoms with Crippen molar-refractivity contribution in [2.75, 3.05) is 23.4 Å². The van der Waals surface area contributed by atoms with Crippen LogP contribution >= 0.6 is 0 Å². The molecule has 3 N–H and O–H groups in total. The Balaban J connectivity index is 1.41. The highest BCUT2D eigenvalue weighted by Gasteiger charge is 2.35. The third-order valence-corrected chi connectivity index (χ3v) is 8.30. The lowest BCUT2D eigenvalue weighted by atomic mass is 9.94. The van der Waals surface area contributed by atoms with E-state index in [1.165, 1.54) is 6.07 Å². The second-order valence-electron chi connectivity index (χ2n) is 10.0. The van der Waals surface area contributed by atoms with Crippen LogP contribution in [0.4, 0.5) is 10.1 Å². The van der Waals surface area contributed by atoms with Crippen molar-refractivity contribution in [3.63, 3.8) is 0 Å². The highest BCUT2D eigenvalue weighted by Crippen LogP contribution is 2.33. The first-order valence-electron chi connectivity index (χ1n) is 12.8. The monoisotopic (exact) mass is 539 g/mol. The first-order valence-corrected chi connectivity index (χ1v) is 14.3. The van der Waals surface area contributed by atoms with Gasteiger partial charge in [-0.1, -0.05) is 35.4 Å². The van der Waals surface area contributed by atoms with E-state index >= 15 is 0 Å². The van der Waals surface area contributed by atoms with Crippen molar-refractivity contribution in [1.29, 1.82) is 0 Å². The Morgan fingerprint density at radius 3 is 2.47 bits per heavy atom. The molecule has 0 aromatic heterocycles. The molecule has 3 aromatic carbocycles. The average Bonchev–Trinajstić information content (AvgIpc) is 2.87. The van der Waals surface area contributed by atoms with Crippen LogP contribution in [0.2, 0.25) is 0 Å². The SMILES string of the molecule is Cc1cc(OCC2(O)CC[S+]([O-])CC2)cc(C)c1-c1cccc(CNc2ccc(CCC(=O)O)c(F)c2)c1. The Morgan fingerprint density at radius 1 is 1.11 bits per heavy atom. The van der Waals surface area contributed by atoms with Crippen molar-refractivity contribution in [2.45, 2.75) is 51.7 Å². The highest BCUT2D eigenvalue weighted by atomic mass is 32.2. The summed E-state index contributed by atoms with van der Waals surface area (Å²) in [6.07, 6.45) is 1.03. The van der Waals surface area contributed by atoms with Gasteiger partial charge in [0.25, 0.3) is 0 Å². The van der Waals surface area contributed by atoms with Crippen LogP contribution in [0.25, 0.3) is 11.1 Å². The summed E-state index contributed by atoms with van der Waals surface area (Å²) in [5.41, 5.74) is 5.41. The normalized spacial score (nSPS) is 19.2. The predicted octanol–water partition coefficient (Wildman–Crippen LogP) is 5.39. The summed E-state index contributed by atoms with van der Waals surface area (Å²) in [5.74, 6) is 0.362. The molecule has 0 unspecified atom stereocenters. The number of carboxylic acid groups (broad SMARTS) is 1. The molecule has 1 heterocycles. The smallest absolute Gasteiger partial charge is 0.303 e. The van der Waals surface area contributed by atoms with Gasteiger partial charge in [0.15, 0.2) is 0 Å². The lowest BCUT2D eigenvalue weighted by Gasteiger charge is -2.32. The van der Waals surface area contributed by atoms with Gasteiger partial charge < -0.3 is 24.8 Å². The quantitative estimate of drug-likeness (QED) is 0.299. The summed E-state index contributed by atoms with van der Waals surface area (Å²) in [7, 11) is 0. The Bertz CT molecular complexity index is 1270. The van der Waals surface area contributed by atoms with Crippen molar-refractivity contribution < 1.29 is 28.7 Å². The molecule has 0 bridgehead atoms. The largest absolute Gasteiger partial charge is 0.616 e. The molecule has 38 heavy (non-hydrogen) atoms. The van der Waals surface area contributed by atoms with Crippen molar-refractivity contribution in [3.8, 4) is 16.9 Å². The summed E-state index contributed by atoms with van der Waals surface area (Å²) in [4.78, 5) is 10.7. The van der Waals surface area contributed by atoms with E-state index in [0.717, 1.165) is 27.8 Å². The molecule has 3 aromatic rings. The maximum absolute atomic E-state index is 14.4. The maximum atomic E-state index is 14.4. The van der Waals surface area contributed by atoms with E-state index in [9.17, 15) is 18.8 Å². The van der Waals surface area contributed by atoms with Gasteiger partial charge >= 0.3 is 5.97 Å². The summed E-state index contributed by atoms with van der Waals surface area (Å²) >= 11 is -0.840. The number of carboxylic acids is 1. The molecule has 1 aliphatic rings. The first kappa shape index (κ1) is 28.0. The number of hydrogen-bond acceptors (Lipinski definition) is 5. The van der Waals surface area contributed by atoms with Crippen molar-refractivity contribution in [2.24, 2.45) is 0 Å². The number of aliphatic hydroxyl groups is 1. The third-order valence-electron chi connectivity index (χ3n) is 6.98. The van der Waals surface area contributed by atoms with Crippen LogP contribution in [0.15, 0.2) is 54.6 Å². The Hall–Kier alpha value is -3.07. The molecule has 1 aliphatic heterocycles. The Labute approximate surface area is 226 Å². The molecule has 0 amide bonds. The number of rotatable bonds is 10. The summed E-state index contributed by atoms with van der Waals surface area (Å²) in [6.45, 7) is 4.76. The van der Waals surface area contributed by atoms with Crippen LogP contribution in [0.1, 0.15) is 41.5 Å². The lowest BCUT2D eigenvalue weighted by Crippen LogP contribution is -2.43. The van der Waals surface area contributed by atoms with Crippen LogP contribution in [-0.2, 0) is 28.9 Å². The van der Waals surface area contributed by atoms with Crippen LogP contribution in [-0.4, -0.2) is 44.4 Å². The Kier molecular flexibility index (Phi) is 8.97. The zero-order chi connectivity index (χ0) is 27.3. The third kappa shape index (κ3) is 7.28. The highest BCUT2D eigenvalue weighted by molar-refractivity contribution is 7.91. The molecule has 4 rings (SSSR count). The van der Waals surface area contributed by atoms with Gasteiger partial charge in [-0.15, -0.1) is 0 Å². The van der Waals surface area contributed by atoms with Gasteiger partial charge in [0.05, 0.1) is 0 Å². The zero-order valence-electron chi connectivity index (χ0n) is 21.8. The number of nitrogens with one attached hydrogen (secondary N) is 1. The minimum atomic E-state index is -0.947. The van der Waals surface area contributed by atoms with E-state index < -0.39 is 28.6 Å². The van der Waals surface area contributed by atoms with Gasteiger partial charge in [0.1, 0.15) is 35.3 Å². The van der Waals surface area contributed by atoms with E-state index in [2.05, 4.69) is 17.4 Å². The lowest BCUT2D eigenvalue weighted by molar-refractivity contribution is -0.136. The fraction of sp³-hybridized carbons (Fsp3) is 0.367. The van der Waals surface area contributed by atoms with Gasteiger partial charge in [-0.2, -0.15) is 0 Å². The van der Waals surface area contributed by atoms with Crippen molar-refractivity contribution >= 4 is 22.8 Å². The minimum absolute atomic E-state index is 0.103. The second-order valence-corrected chi connectivity index (χ2v) is 11.7. The maximum Gasteiger partial charge on any atom is 0.303 e. The summed E-state index contributed by atoms with van der Waals surface area (Å²) in [6, 6.07) is 16.9. The van der Waals surface area contributed by atoms with Crippen LogP contribution in [0.5, 0.6) is 5.75 Å². The molecule has 0 spiro atoms. The molecule has 0 radical (unpaired) electrons. The number of benzene rings is 3. The fourth-order valence-corrected chi connectivity index (χ4v) is 6.22. The van der Waals surface area contributed by atoms with E-state index in [4.69, 9.17) is 9.84 Å². The molecule has 6 nitrogen and oxygen atoms in total. The number of aryl methyl sites for hydroxylation is 3. The van der Waals surface area contributed by atoms with E-state index in [1.54, 1.807) is 12.1 Å². The van der Waals surface area contributed by atoms with Gasteiger partial charge in [-0.3, -0.25) is 4.79 Å². The van der Waals surface area contributed by atoms with Crippen LogP contribution in [0, 0.1) is 19.7 Å². The number of carbonyl (C=O) groups is 1. The van der Waals surface area contributed by atoms with E-state index in [1.807, 2.05) is 38.1 Å². The fourth-order valence-electron chi connectivity index (χ4n) is 4.80. The number of ether oxygens (including phenoxy) is 1. The van der Waals surface area contributed by atoms with Crippen molar-refractivity contribution in [1.82, 2.24) is 0 Å². The van der Waals surface area contributed by atoms with Gasteiger partial charge in [-0.05, 0) is 84.0 Å². The number of aliphatic carboxylic acids is 1. The number of halogens is 1. The van der Waals surface area contributed by atoms with Gasteiger partial charge in [0.2, 0.25) is 0 Å². The molecular weight excluding hydrogens is 505 g/mol. The molecule has 0 atom stereocenters. The molecule has 1 fully saturated rings. The Morgan fingerprint density at radius 2 is 1.82 bits per heavy atom. The van der Waals surface area contributed by atoms with Crippen LogP contribution in [0.3, 0.4) is 0 Å². The topological polar surface area (TPSA) is 102 Å². The first-order chi connectivity index (χ1) is 18.1. The zero-order valence-corrected chi connectivity index (χ0v) is 22.6. The van der Waals surface area contributed by atoms with Gasteiger partial charge in [0, 0.05) is 31.5 Å². The summed E-state index contributed by atoms with van der Waals surface area (Å²) in [5, 5.41) is 22.8. The predicted molar refractivity (Wildman–Crippen MR) is 149 cm³/mol. The molecule has 1 saturated heterocycles. The molecule has 0 aliphatic carbocycles. The molecule has 0 saturated carbocycles. The van der Waals surface area contributed by atoms with Gasteiger partial charge in [-0.25, -0.2) is 4.39 Å². The van der Waals surface area contributed by atoms with E-state index in [-0.39, 0.29) is 19.4 Å². The number of hydrogen-bond donors (Lipinski definition) is 3. The van der Waals surface area contributed by atoms with E-state index in [0.29, 0.717) is 47.9 Å². The number of anilines is 1. The molecule has 202 valence electrons. The average molecular weight is 540 g/mol. The summed E-state index contributed by atoms with van der Waals surface area (Å²) < 4.78 is 31.9.